The molecule has 0 radical (unpaired) electrons. The van der Waals surface area contributed by atoms with E-state index in [1.165, 1.54) is 20.8 Å². The van der Waals surface area contributed by atoms with Gasteiger partial charge in [0.25, 0.3) is 0 Å². The molecule has 3 aromatic carbocycles. The van der Waals surface area contributed by atoms with E-state index in [0.29, 0.717) is 33.3 Å². The van der Waals surface area contributed by atoms with E-state index >= 15 is 0 Å². The number of nitrogen functional groups attached to an aromatic ring is 1. The predicted molar refractivity (Wildman–Crippen MR) is 155 cm³/mol. The Morgan fingerprint density at radius 1 is 1.07 bits per heavy atom. The number of amides is 3. The molecule has 4 aromatic rings. The second-order valence-corrected chi connectivity index (χ2v) is 9.75. The number of piperazine rings is 1. The van der Waals surface area contributed by atoms with Crippen LogP contribution < -0.4 is 16.0 Å². The molecule has 208 valence electrons. The van der Waals surface area contributed by atoms with Crippen LogP contribution in [-0.2, 0) is 20.8 Å². The Bertz CT molecular complexity index is 1610. The van der Waals surface area contributed by atoms with Crippen LogP contribution in [-0.4, -0.2) is 75.2 Å². The molecule has 1 aromatic heterocycles. The standard InChI is InChI=1S/C28H26ClN9O3/c1-31-14-19-7-9-21(13-22(19)30)33-28(41)25(11-18-5-3-2-4-6-18)37-16-26(39)36(15-27(37)40)24-12-20(29)8-10-23(24)38-17-32-34-35-38/h2-10,12-14,17,25H,11,15-16,30H2,1H3,(H,33,41). The number of nitrogens with two attached hydrogens (primary N) is 1. The van der Waals surface area contributed by atoms with Gasteiger partial charge in [0.2, 0.25) is 17.7 Å². The third-order valence-corrected chi connectivity index (χ3v) is 6.85. The quantitative estimate of drug-likeness (QED) is 0.243. The summed E-state index contributed by atoms with van der Waals surface area (Å²) in [6.45, 7) is -0.621. The molecule has 0 bridgehead atoms. The smallest absolute Gasteiger partial charge is 0.247 e. The SMILES string of the molecule is CN=Cc1ccc(NC(=O)C(Cc2ccccc2)N2CC(=O)N(c3cc(Cl)ccc3-n3cnnn3)CC2=O)cc1N. The summed E-state index contributed by atoms with van der Waals surface area (Å²) in [5.41, 5.74) is 9.40. The van der Waals surface area contributed by atoms with Crippen molar-refractivity contribution in [1.29, 1.82) is 0 Å². The van der Waals surface area contributed by atoms with Crippen molar-refractivity contribution in [3.8, 4) is 5.69 Å². The highest BCUT2D eigenvalue weighted by Crippen LogP contribution is 2.30. The van der Waals surface area contributed by atoms with E-state index in [9.17, 15) is 14.4 Å². The van der Waals surface area contributed by atoms with Gasteiger partial charge in [-0.3, -0.25) is 24.3 Å². The van der Waals surface area contributed by atoms with Gasteiger partial charge in [0.1, 0.15) is 25.5 Å². The van der Waals surface area contributed by atoms with E-state index in [2.05, 4.69) is 25.8 Å². The van der Waals surface area contributed by atoms with Gasteiger partial charge in [-0.2, -0.15) is 4.68 Å². The van der Waals surface area contributed by atoms with Crippen LogP contribution in [0.3, 0.4) is 0 Å². The zero-order chi connectivity index (χ0) is 28.9. The zero-order valence-corrected chi connectivity index (χ0v) is 22.8. The number of benzene rings is 3. The number of carbonyl (C=O) groups is 3. The minimum Gasteiger partial charge on any atom is -0.398 e. The number of anilines is 3. The van der Waals surface area contributed by atoms with Crippen LogP contribution in [0.15, 0.2) is 78.0 Å². The molecule has 2 heterocycles. The summed E-state index contributed by atoms with van der Waals surface area (Å²) in [4.78, 5) is 47.4. The Balaban J connectivity index is 1.42. The molecule has 41 heavy (non-hydrogen) atoms. The molecular weight excluding hydrogens is 546 g/mol. The van der Waals surface area contributed by atoms with Gasteiger partial charge in [-0.15, -0.1) is 5.10 Å². The van der Waals surface area contributed by atoms with Crippen LogP contribution in [0.2, 0.25) is 5.02 Å². The number of hydrogen-bond donors (Lipinski definition) is 2. The van der Waals surface area contributed by atoms with E-state index in [1.54, 1.807) is 49.7 Å². The molecule has 0 saturated carbocycles. The summed E-state index contributed by atoms with van der Waals surface area (Å²) in [5, 5.41) is 14.4. The highest BCUT2D eigenvalue weighted by Gasteiger charge is 2.39. The molecule has 1 fully saturated rings. The molecule has 1 atom stereocenters. The average molecular weight is 572 g/mol. The summed E-state index contributed by atoms with van der Waals surface area (Å²) in [5.74, 6) is -1.24. The molecule has 1 aliphatic rings. The molecule has 1 unspecified atom stereocenters. The summed E-state index contributed by atoms with van der Waals surface area (Å²) in [7, 11) is 1.64. The Morgan fingerprint density at radius 2 is 1.88 bits per heavy atom. The van der Waals surface area contributed by atoms with E-state index in [1.807, 2.05) is 30.3 Å². The Hall–Kier alpha value is -5.10. The lowest BCUT2D eigenvalue weighted by Gasteiger charge is -2.38. The molecule has 3 N–H and O–H groups in total. The number of aliphatic imine (C=N–C) groups is 1. The van der Waals surface area contributed by atoms with Crippen LogP contribution in [0.25, 0.3) is 5.69 Å². The van der Waals surface area contributed by atoms with Crippen LogP contribution in [0.5, 0.6) is 0 Å². The predicted octanol–water partition coefficient (Wildman–Crippen LogP) is 2.37. The number of carbonyl (C=O) groups excluding carboxylic acids is 3. The first-order chi connectivity index (χ1) is 19.8. The molecule has 1 aliphatic heterocycles. The maximum Gasteiger partial charge on any atom is 0.247 e. The summed E-state index contributed by atoms with van der Waals surface area (Å²) < 4.78 is 1.38. The van der Waals surface area contributed by atoms with E-state index in [4.69, 9.17) is 17.3 Å². The normalized spacial score (nSPS) is 14.5. The van der Waals surface area contributed by atoms with Crippen LogP contribution in [0.4, 0.5) is 17.1 Å². The molecule has 13 heteroatoms. The van der Waals surface area contributed by atoms with Crippen molar-refractivity contribution < 1.29 is 14.4 Å². The van der Waals surface area contributed by atoms with Crippen LogP contribution >= 0.6 is 11.6 Å². The molecule has 12 nitrogen and oxygen atoms in total. The molecule has 1 saturated heterocycles. The van der Waals surface area contributed by atoms with Crippen molar-refractivity contribution in [1.82, 2.24) is 25.1 Å². The van der Waals surface area contributed by atoms with Crippen molar-refractivity contribution in [2.75, 3.05) is 36.1 Å². The van der Waals surface area contributed by atoms with Gasteiger partial charge in [-0.25, -0.2) is 0 Å². The van der Waals surface area contributed by atoms with E-state index < -0.39 is 17.9 Å². The van der Waals surface area contributed by atoms with Crippen LogP contribution in [0.1, 0.15) is 11.1 Å². The average Bonchev–Trinajstić information content (AvgIpc) is 3.50. The van der Waals surface area contributed by atoms with Gasteiger partial charge in [-0.1, -0.05) is 41.9 Å². The summed E-state index contributed by atoms with van der Waals surface area (Å²) >= 11 is 6.24. The number of tetrazole rings is 1. The first kappa shape index (κ1) is 27.5. The first-order valence-corrected chi connectivity index (χ1v) is 13.0. The van der Waals surface area contributed by atoms with E-state index in [-0.39, 0.29) is 25.4 Å². The largest absolute Gasteiger partial charge is 0.398 e. The Kier molecular flexibility index (Phi) is 8.01. The fraction of sp³-hybridized carbons (Fsp3) is 0.179. The third-order valence-electron chi connectivity index (χ3n) is 6.62. The van der Waals surface area contributed by atoms with Gasteiger partial charge >= 0.3 is 0 Å². The molecule has 0 aliphatic carbocycles. The fourth-order valence-electron chi connectivity index (χ4n) is 4.63. The van der Waals surface area contributed by atoms with Gasteiger partial charge < -0.3 is 16.0 Å². The second-order valence-electron chi connectivity index (χ2n) is 9.31. The molecule has 0 spiro atoms. The molecule has 5 rings (SSSR count). The second kappa shape index (κ2) is 12.0. The molecular formula is C28H26ClN9O3. The van der Waals surface area contributed by atoms with Crippen molar-refractivity contribution >= 4 is 52.6 Å². The number of aromatic nitrogens is 4. The lowest BCUT2D eigenvalue weighted by molar-refractivity contribution is -0.143. The number of nitrogens with zero attached hydrogens (tertiary/aromatic N) is 7. The van der Waals surface area contributed by atoms with Gasteiger partial charge in [0.15, 0.2) is 0 Å². The minimum absolute atomic E-state index is 0.203. The highest BCUT2D eigenvalue weighted by atomic mass is 35.5. The Labute approximate surface area is 240 Å². The highest BCUT2D eigenvalue weighted by molar-refractivity contribution is 6.31. The minimum atomic E-state index is -0.965. The summed E-state index contributed by atoms with van der Waals surface area (Å²) in [6, 6.07) is 18.3. The maximum absolute atomic E-state index is 13.7. The van der Waals surface area contributed by atoms with E-state index in [0.717, 1.165) is 5.56 Å². The Morgan fingerprint density at radius 3 is 2.59 bits per heavy atom. The fourth-order valence-corrected chi connectivity index (χ4v) is 4.80. The first-order valence-electron chi connectivity index (χ1n) is 12.6. The van der Waals surface area contributed by atoms with Crippen molar-refractivity contribution in [3.63, 3.8) is 0 Å². The third kappa shape index (κ3) is 6.07. The topological polar surface area (TPSA) is 152 Å². The van der Waals surface area contributed by atoms with Gasteiger partial charge in [0, 0.05) is 41.6 Å². The monoisotopic (exact) mass is 571 g/mol. The van der Waals surface area contributed by atoms with Crippen LogP contribution in [0, 0.1) is 0 Å². The van der Waals surface area contributed by atoms with Gasteiger partial charge in [-0.05, 0) is 52.4 Å². The molecule has 3 amide bonds. The lowest BCUT2D eigenvalue weighted by Crippen LogP contribution is -2.60. The number of nitrogens with one attached hydrogen (secondary N) is 1. The zero-order valence-electron chi connectivity index (χ0n) is 22.0. The van der Waals surface area contributed by atoms with Crippen molar-refractivity contribution in [3.05, 3.63) is 89.2 Å². The lowest BCUT2D eigenvalue weighted by atomic mass is 10.0. The number of hydrogen-bond acceptors (Lipinski definition) is 8. The maximum atomic E-state index is 13.7. The number of halogens is 1. The van der Waals surface area contributed by atoms with Crippen molar-refractivity contribution in [2.24, 2.45) is 4.99 Å². The van der Waals surface area contributed by atoms with Crippen molar-refractivity contribution in [2.45, 2.75) is 12.5 Å². The number of rotatable bonds is 8. The van der Waals surface area contributed by atoms with Gasteiger partial charge in [0.05, 0.1) is 11.4 Å². The summed E-state index contributed by atoms with van der Waals surface area (Å²) in [6.07, 6.45) is 3.20.